The summed E-state index contributed by atoms with van der Waals surface area (Å²) in [5.41, 5.74) is 0.613. The molecule has 1 heterocycles. The van der Waals surface area contributed by atoms with Crippen molar-refractivity contribution in [2.75, 3.05) is 19.0 Å². The molecule has 1 N–H and O–H groups in total. The molecule has 1 aromatic rings. The van der Waals surface area contributed by atoms with Gasteiger partial charge in [-0.05, 0) is 25.7 Å². The number of anilines is 1. The van der Waals surface area contributed by atoms with E-state index < -0.39 is 0 Å². The number of nitrogens with zero attached hydrogens (tertiary/aromatic N) is 1. The molecule has 0 radical (unpaired) electrons. The number of ether oxygens (including phenoxy) is 2. The second kappa shape index (κ2) is 7.51. The van der Waals surface area contributed by atoms with Crippen molar-refractivity contribution in [2.24, 2.45) is 5.92 Å². The fourth-order valence-corrected chi connectivity index (χ4v) is 3.04. The lowest BCUT2D eigenvalue weighted by atomic mass is 9.80. The van der Waals surface area contributed by atoms with Gasteiger partial charge in [0.25, 0.3) is 0 Å². The molecule has 116 valence electrons. The van der Waals surface area contributed by atoms with Crippen LogP contribution in [0, 0.1) is 5.92 Å². The van der Waals surface area contributed by atoms with E-state index >= 15 is 0 Å². The Balaban J connectivity index is 1.72. The Kier molecular flexibility index (Phi) is 5.69. The quantitative estimate of drug-likeness (QED) is 0.779. The number of aromatic nitrogens is 1. The molecule has 0 atom stereocenters. The Morgan fingerprint density at radius 1 is 1.48 bits per heavy atom. The van der Waals surface area contributed by atoms with E-state index in [2.05, 4.69) is 15.0 Å². The van der Waals surface area contributed by atoms with Gasteiger partial charge in [-0.15, -0.1) is 11.3 Å². The standard InChI is InChI=1S/C14H20N2O4S/c1-3-20-11-4-9(5-11)6-12(17)16-14-15-10(8-21-14)7-13(18)19-2/h8-9,11H,3-7H2,1-2H3,(H,15,16,17). The van der Waals surface area contributed by atoms with Crippen LogP contribution in [0.3, 0.4) is 0 Å². The molecule has 0 spiro atoms. The van der Waals surface area contributed by atoms with Gasteiger partial charge in [0, 0.05) is 18.4 Å². The highest BCUT2D eigenvalue weighted by Crippen LogP contribution is 2.33. The highest BCUT2D eigenvalue weighted by molar-refractivity contribution is 7.13. The zero-order chi connectivity index (χ0) is 15.2. The molecule has 0 saturated heterocycles. The minimum atomic E-state index is -0.338. The van der Waals surface area contributed by atoms with Crippen molar-refractivity contribution >= 4 is 28.3 Å². The van der Waals surface area contributed by atoms with Crippen LogP contribution in [-0.2, 0) is 25.5 Å². The van der Waals surface area contributed by atoms with Crippen LogP contribution in [0.5, 0.6) is 0 Å². The van der Waals surface area contributed by atoms with Crippen LogP contribution in [0.15, 0.2) is 5.38 Å². The SMILES string of the molecule is CCOC1CC(CC(=O)Nc2nc(CC(=O)OC)cs2)C1. The van der Waals surface area contributed by atoms with Crippen molar-refractivity contribution in [1.82, 2.24) is 4.98 Å². The Bertz CT molecular complexity index is 497. The molecule has 1 fully saturated rings. The Labute approximate surface area is 127 Å². The molecule has 21 heavy (non-hydrogen) atoms. The van der Waals surface area contributed by atoms with Gasteiger partial charge in [0.1, 0.15) is 0 Å². The minimum Gasteiger partial charge on any atom is -0.469 e. The molecule has 1 amide bonds. The van der Waals surface area contributed by atoms with Crippen LogP contribution in [-0.4, -0.2) is 36.7 Å². The summed E-state index contributed by atoms with van der Waals surface area (Å²) < 4.78 is 10.0. The topological polar surface area (TPSA) is 77.5 Å². The number of methoxy groups -OCH3 is 1. The normalized spacial score (nSPS) is 20.7. The van der Waals surface area contributed by atoms with E-state index in [-0.39, 0.29) is 18.3 Å². The number of carbonyl (C=O) groups excluding carboxylic acids is 2. The van der Waals surface area contributed by atoms with E-state index in [0.717, 1.165) is 19.4 Å². The van der Waals surface area contributed by atoms with Gasteiger partial charge in [0.2, 0.25) is 5.91 Å². The fourth-order valence-electron chi connectivity index (χ4n) is 2.31. The number of carbonyl (C=O) groups is 2. The van der Waals surface area contributed by atoms with Gasteiger partial charge in [-0.3, -0.25) is 9.59 Å². The predicted octanol–water partition coefficient (Wildman–Crippen LogP) is 2.00. The summed E-state index contributed by atoms with van der Waals surface area (Å²) in [5.74, 6) is 0.0274. The summed E-state index contributed by atoms with van der Waals surface area (Å²) in [6.45, 7) is 2.71. The lowest BCUT2D eigenvalue weighted by Crippen LogP contribution is -2.33. The van der Waals surface area contributed by atoms with Crippen molar-refractivity contribution in [3.8, 4) is 0 Å². The van der Waals surface area contributed by atoms with Crippen LogP contribution in [0.2, 0.25) is 0 Å². The molecule has 0 bridgehead atoms. The summed E-state index contributed by atoms with van der Waals surface area (Å²) in [6, 6.07) is 0. The maximum Gasteiger partial charge on any atom is 0.311 e. The van der Waals surface area contributed by atoms with Gasteiger partial charge in [-0.2, -0.15) is 0 Å². The third kappa shape index (κ3) is 4.78. The number of amides is 1. The Morgan fingerprint density at radius 2 is 2.24 bits per heavy atom. The van der Waals surface area contributed by atoms with Gasteiger partial charge >= 0.3 is 5.97 Å². The van der Waals surface area contributed by atoms with Gasteiger partial charge in [-0.1, -0.05) is 0 Å². The largest absolute Gasteiger partial charge is 0.469 e. The van der Waals surface area contributed by atoms with Gasteiger partial charge < -0.3 is 14.8 Å². The molecule has 1 aliphatic carbocycles. The van der Waals surface area contributed by atoms with E-state index in [1.54, 1.807) is 5.38 Å². The van der Waals surface area contributed by atoms with Crippen LogP contribution in [0.1, 0.15) is 31.9 Å². The first kappa shape index (κ1) is 15.9. The monoisotopic (exact) mass is 312 g/mol. The average molecular weight is 312 g/mol. The fraction of sp³-hybridized carbons (Fsp3) is 0.643. The molecule has 7 heteroatoms. The summed E-state index contributed by atoms with van der Waals surface area (Å²) in [6.07, 6.45) is 2.84. The summed E-state index contributed by atoms with van der Waals surface area (Å²) in [7, 11) is 1.34. The first-order valence-corrected chi connectivity index (χ1v) is 7.91. The molecule has 1 aliphatic rings. The second-order valence-electron chi connectivity index (χ2n) is 5.06. The molecule has 0 aromatic carbocycles. The van der Waals surface area contributed by atoms with E-state index in [0.29, 0.717) is 29.3 Å². The zero-order valence-corrected chi connectivity index (χ0v) is 13.1. The summed E-state index contributed by atoms with van der Waals surface area (Å²) in [5, 5.41) is 5.05. The van der Waals surface area contributed by atoms with E-state index in [4.69, 9.17) is 4.74 Å². The van der Waals surface area contributed by atoms with Crippen molar-refractivity contribution < 1.29 is 19.1 Å². The first-order chi connectivity index (χ1) is 10.1. The van der Waals surface area contributed by atoms with Crippen LogP contribution in [0.25, 0.3) is 0 Å². The second-order valence-corrected chi connectivity index (χ2v) is 5.92. The molecule has 2 rings (SSSR count). The minimum absolute atomic E-state index is 0.0334. The van der Waals surface area contributed by atoms with Crippen molar-refractivity contribution in [1.29, 1.82) is 0 Å². The number of hydrogen-bond donors (Lipinski definition) is 1. The maximum atomic E-state index is 11.9. The van der Waals surface area contributed by atoms with E-state index in [9.17, 15) is 9.59 Å². The molecule has 0 aliphatic heterocycles. The third-order valence-electron chi connectivity index (χ3n) is 3.42. The molecule has 0 unspecified atom stereocenters. The number of hydrogen-bond acceptors (Lipinski definition) is 6. The van der Waals surface area contributed by atoms with Gasteiger partial charge in [0.15, 0.2) is 5.13 Å². The maximum absolute atomic E-state index is 11.9. The smallest absolute Gasteiger partial charge is 0.311 e. The third-order valence-corrected chi connectivity index (χ3v) is 4.23. The van der Waals surface area contributed by atoms with Gasteiger partial charge in [-0.25, -0.2) is 4.98 Å². The van der Waals surface area contributed by atoms with Gasteiger partial charge in [0.05, 0.1) is 25.3 Å². The average Bonchev–Trinajstić information content (AvgIpc) is 2.83. The molecular formula is C14H20N2O4S. The molecular weight excluding hydrogens is 292 g/mol. The zero-order valence-electron chi connectivity index (χ0n) is 12.3. The Hall–Kier alpha value is -1.47. The van der Waals surface area contributed by atoms with Crippen LogP contribution < -0.4 is 5.32 Å². The Morgan fingerprint density at radius 3 is 2.90 bits per heavy atom. The number of nitrogens with one attached hydrogen (secondary N) is 1. The number of thiazole rings is 1. The first-order valence-electron chi connectivity index (χ1n) is 7.03. The summed E-state index contributed by atoms with van der Waals surface area (Å²) in [4.78, 5) is 27.2. The lowest BCUT2D eigenvalue weighted by molar-refractivity contribution is -0.139. The number of rotatable bonds is 7. The van der Waals surface area contributed by atoms with Crippen molar-refractivity contribution in [3.05, 3.63) is 11.1 Å². The van der Waals surface area contributed by atoms with E-state index in [1.807, 2.05) is 6.92 Å². The summed E-state index contributed by atoms with van der Waals surface area (Å²) >= 11 is 1.32. The van der Waals surface area contributed by atoms with Crippen LogP contribution in [0.4, 0.5) is 5.13 Å². The molecule has 1 aromatic heterocycles. The van der Waals surface area contributed by atoms with Crippen molar-refractivity contribution in [2.45, 2.75) is 38.7 Å². The van der Waals surface area contributed by atoms with E-state index in [1.165, 1.54) is 18.4 Å². The number of esters is 1. The highest BCUT2D eigenvalue weighted by Gasteiger charge is 2.31. The molecule has 1 saturated carbocycles. The van der Waals surface area contributed by atoms with Crippen molar-refractivity contribution in [3.63, 3.8) is 0 Å². The van der Waals surface area contributed by atoms with Crippen LogP contribution >= 0.6 is 11.3 Å². The lowest BCUT2D eigenvalue weighted by Gasteiger charge is -2.34. The highest BCUT2D eigenvalue weighted by atomic mass is 32.1. The molecule has 6 nitrogen and oxygen atoms in total. The predicted molar refractivity (Wildman–Crippen MR) is 79.2 cm³/mol.